The van der Waals surface area contributed by atoms with Gasteiger partial charge in [0.1, 0.15) is 12.1 Å². The quantitative estimate of drug-likeness (QED) is 0.247. The maximum absolute atomic E-state index is 13.0. The van der Waals surface area contributed by atoms with E-state index in [9.17, 15) is 27.6 Å². The molecule has 1 saturated heterocycles. The second-order valence-electron chi connectivity index (χ2n) is 9.61. The van der Waals surface area contributed by atoms with Crippen LogP contribution in [0, 0.1) is 5.92 Å². The summed E-state index contributed by atoms with van der Waals surface area (Å²) in [5.41, 5.74) is 1.56. The van der Waals surface area contributed by atoms with Crippen LogP contribution in [-0.4, -0.2) is 53.2 Å². The van der Waals surface area contributed by atoms with Crippen molar-refractivity contribution in [3.8, 4) is 0 Å². The van der Waals surface area contributed by atoms with Crippen LogP contribution in [0.25, 0.3) is 0 Å². The molecule has 1 aromatic carbocycles. The van der Waals surface area contributed by atoms with Gasteiger partial charge in [-0.15, -0.1) is 11.8 Å². The molecule has 2 unspecified atom stereocenters. The van der Waals surface area contributed by atoms with Crippen LogP contribution in [0.1, 0.15) is 73.7 Å². The molecule has 2 fully saturated rings. The third kappa shape index (κ3) is 6.58. The number of halogens is 3. The number of hydrogen-bond donors (Lipinski definition) is 2. The standard InChI is InChI=1S/C25H32F3N3O3S/c26-25(27,28)22(16-9-10-16)29-13-4-2-1-3-5-14-35-20-8-6-7-17-18(20)15-31(24(17)34)19-11-12-21(32)30-23(19)33/h6-8,16,19,22,29H,1-5,9-15H2,(H,30,32,33). The van der Waals surface area contributed by atoms with Gasteiger partial charge in [-0.2, -0.15) is 13.2 Å². The lowest BCUT2D eigenvalue weighted by molar-refractivity contribution is -0.160. The molecule has 2 heterocycles. The fourth-order valence-electron chi connectivity index (χ4n) is 4.87. The summed E-state index contributed by atoms with van der Waals surface area (Å²) >= 11 is 1.69. The third-order valence-electron chi connectivity index (χ3n) is 6.93. The zero-order valence-electron chi connectivity index (χ0n) is 19.7. The average Bonchev–Trinajstić information content (AvgIpc) is 3.57. The van der Waals surface area contributed by atoms with E-state index >= 15 is 0 Å². The fourth-order valence-corrected chi connectivity index (χ4v) is 5.96. The van der Waals surface area contributed by atoms with E-state index in [4.69, 9.17) is 0 Å². The number of fused-ring (bicyclic) bond motifs is 1. The number of carbonyl (C=O) groups excluding carboxylic acids is 3. The van der Waals surface area contributed by atoms with Crippen LogP contribution in [-0.2, 0) is 16.1 Å². The van der Waals surface area contributed by atoms with Gasteiger partial charge in [0.25, 0.3) is 5.91 Å². The number of unbranched alkanes of at least 4 members (excludes halogenated alkanes) is 4. The number of carbonyl (C=O) groups is 3. The summed E-state index contributed by atoms with van der Waals surface area (Å²) < 4.78 is 39.0. The lowest BCUT2D eigenvalue weighted by atomic mass is 10.0. The topological polar surface area (TPSA) is 78.5 Å². The second kappa shape index (κ2) is 11.3. The van der Waals surface area contributed by atoms with Gasteiger partial charge < -0.3 is 10.2 Å². The molecule has 0 spiro atoms. The van der Waals surface area contributed by atoms with Crippen LogP contribution in [0.15, 0.2) is 23.1 Å². The first kappa shape index (κ1) is 26.0. The van der Waals surface area contributed by atoms with Gasteiger partial charge in [0.2, 0.25) is 11.8 Å². The monoisotopic (exact) mass is 511 g/mol. The molecule has 1 saturated carbocycles. The van der Waals surface area contributed by atoms with Gasteiger partial charge in [0, 0.05) is 23.4 Å². The van der Waals surface area contributed by atoms with E-state index in [2.05, 4.69) is 10.6 Å². The lowest BCUT2D eigenvalue weighted by Gasteiger charge is -2.29. The van der Waals surface area contributed by atoms with Gasteiger partial charge in [0.15, 0.2) is 0 Å². The van der Waals surface area contributed by atoms with Crippen molar-refractivity contribution in [2.45, 2.75) is 87.5 Å². The van der Waals surface area contributed by atoms with Crippen LogP contribution >= 0.6 is 11.8 Å². The molecule has 35 heavy (non-hydrogen) atoms. The summed E-state index contributed by atoms with van der Waals surface area (Å²) in [5.74, 6) is -0.225. The molecule has 0 bridgehead atoms. The maximum atomic E-state index is 13.0. The van der Waals surface area contributed by atoms with Crippen molar-refractivity contribution in [1.29, 1.82) is 0 Å². The SMILES string of the molecule is O=C1CCC(N2Cc3c(SCCCCCCCNC(C4CC4)C(F)(F)F)cccc3C2=O)C(=O)N1. The number of amides is 3. The first-order chi connectivity index (χ1) is 16.8. The number of thioether (sulfide) groups is 1. The summed E-state index contributed by atoms with van der Waals surface area (Å²) in [6.07, 6.45) is 2.40. The molecule has 4 rings (SSSR count). The van der Waals surface area contributed by atoms with Crippen molar-refractivity contribution in [3.05, 3.63) is 29.3 Å². The maximum Gasteiger partial charge on any atom is 0.404 e. The minimum Gasteiger partial charge on any atom is -0.322 e. The highest BCUT2D eigenvalue weighted by molar-refractivity contribution is 7.99. The van der Waals surface area contributed by atoms with E-state index in [1.54, 1.807) is 22.7 Å². The van der Waals surface area contributed by atoms with Crippen molar-refractivity contribution in [2.75, 3.05) is 12.3 Å². The largest absolute Gasteiger partial charge is 0.404 e. The predicted molar refractivity (Wildman–Crippen MR) is 127 cm³/mol. The van der Waals surface area contributed by atoms with Gasteiger partial charge in [-0.05, 0) is 68.0 Å². The van der Waals surface area contributed by atoms with Gasteiger partial charge >= 0.3 is 6.18 Å². The van der Waals surface area contributed by atoms with Gasteiger partial charge in [-0.25, -0.2) is 0 Å². The molecule has 2 N–H and O–H groups in total. The smallest absolute Gasteiger partial charge is 0.322 e. The highest BCUT2D eigenvalue weighted by atomic mass is 32.2. The first-order valence-corrected chi connectivity index (χ1v) is 13.4. The Morgan fingerprint density at radius 2 is 1.80 bits per heavy atom. The van der Waals surface area contributed by atoms with Crippen molar-refractivity contribution >= 4 is 29.5 Å². The van der Waals surface area contributed by atoms with Crippen molar-refractivity contribution in [3.63, 3.8) is 0 Å². The summed E-state index contributed by atoms with van der Waals surface area (Å²) in [7, 11) is 0. The highest BCUT2D eigenvalue weighted by Gasteiger charge is 2.48. The fraction of sp³-hybridized carbons (Fsp3) is 0.640. The number of nitrogens with zero attached hydrogens (tertiary/aromatic N) is 1. The zero-order chi connectivity index (χ0) is 25.0. The van der Waals surface area contributed by atoms with E-state index < -0.39 is 24.2 Å². The predicted octanol–water partition coefficient (Wildman–Crippen LogP) is 4.42. The lowest BCUT2D eigenvalue weighted by Crippen LogP contribution is -2.52. The molecule has 1 aliphatic carbocycles. The molecule has 2 aliphatic heterocycles. The molecular formula is C25H32F3N3O3S. The molecule has 2 atom stereocenters. The second-order valence-corrected chi connectivity index (χ2v) is 10.7. The number of benzene rings is 1. The zero-order valence-corrected chi connectivity index (χ0v) is 20.5. The minimum absolute atomic E-state index is 0.167. The molecule has 192 valence electrons. The average molecular weight is 512 g/mol. The summed E-state index contributed by atoms with van der Waals surface area (Å²) in [5, 5.41) is 5.03. The molecule has 10 heteroatoms. The van der Waals surface area contributed by atoms with Gasteiger partial charge in [0.05, 0.1) is 0 Å². The number of piperidine rings is 1. The number of rotatable bonds is 12. The molecule has 6 nitrogen and oxygen atoms in total. The Bertz CT molecular complexity index is 952. The van der Waals surface area contributed by atoms with Crippen molar-refractivity contribution in [2.24, 2.45) is 5.92 Å². The molecule has 0 radical (unpaired) electrons. The van der Waals surface area contributed by atoms with Crippen molar-refractivity contribution in [1.82, 2.24) is 15.5 Å². The number of alkyl halides is 3. The van der Waals surface area contributed by atoms with Crippen molar-refractivity contribution < 1.29 is 27.6 Å². The van der Waals surface area contributed by atoms with E-state index in [0.717, 1.165) is 48.3 Å². The molecule has 1 aromatic rings. The van der Waals surface area contributed by atoms with Crippen LogP contribution in [0.3, 0.4) is 0 Å². The highest BCUT2D eigenvalue weighted by Crippen LogP contribution is 2.40. The van der Waals surface area contributed by atoms with E-state index in [1.165, 1.54) is 0 Å². The molecule has 3 amide bonds. The Balaban J connectivity index is 1.15. The van der Waals surface area contributed by atoms with E-state index in [-0.39, 0.29) is 24.2 Å². The Labute approximate surface area is 207 Å². The van der Waals surface area contributed by atoms with Crippen LogP contribution in [0.5, 0.6) is 0 Å². The number of nitrogens with one attached hydrogen (secondary N) is 2. The Kier molecular flexibility index (Phi) is 8.42. The van der Waals surface area contributed by atoms with Gasteiger partial charge in [-0.1, -0.05) is 25.3 Å². The van der Waals surface area contributed by atoms with E-state index in [1.807, 2.05) is 12.1 Å². The Morgan fingerprint density at radius 3 is 2.51 bits per heavy atom. The molecule has 3 aliphatic rings. The Hall–Kier alpha value is -2.07. The first-order valence-electron chi connectivity index (χ1n) is 12.4. The molecular weight excluding hydrogens is 479 g/mol. The third-order valence-corrected chi connectivity index (χ3v) is 8.11. The number of hydrogen-bond acceptors (Lipinski definition) is 5. The summed E-state index contributed by atoms with van der Waals surface area (Å²) in [4.78, 5) is 39.2. The number of imide groups is 1. The molecule has 0 aromatic heterocycles. The summed E-state index contributed by atoms with van der Waals surface area (Å²) in [6, 6.07) is 3.68. The summed E-state index contributed by atoms with van der Waals surface area (Å²) in [6.45, 7) is 0.777. The normalized spacial score (nSPS) is 21.3. The van der Waals surface area contributed by atoms with E-state index in [0.29, 0.717) is 37.9 Å². The minimum atomic E-state index is -4.15. The van der Waals surface area contributed by atoms with Gasteiger partial charge in [-0.3, -0.25) is 19.7 Å². The van der Waals surface area contributed by atoms with Crippen LogP contribution < -0.4 is 10.6 Å². The Morgan fingerprint density at radius 1 is 1.06 bits per heavy atom. The van der Waals surface area contributed by atoms with Crippen LogP contribution in [0.4, 0.5) is 13.2 Å². The van der Waals surface area contributed by atoms with Crippen LogP contribution in [0.2, 0.25) is 0 Å².